The fourth-order valence-electron chi connectivity index (χ4n) is 3.01. The van der Waals surface area contributed by atoms with Crippen LogP contribution < -0.4 is 15.4 Å². The number of benzene rings is 3. The van der Waals surface area contributed by atoms with Crippen LogP contribution in [0.2, 0.25) is 5.02 Å². The molecule has 28 heavy (non-hydrogen) atoms. The number of rotatable bonds is 7. The predicted octanol–water partition coefficient (Wildman–Crippen LogP) is 5.38. The van der Waals surface area contributed by atoms with E-state index < -0.39 is 6.04 Å². The molecule has 3 aromatic carbocycles. The highest BCUT2D eigenvalue weighted by Gasteiger charge is 2.23. The van der Waals surface area contributed by atoms with Crippen molar-refractivity contribution in [3.8, 4) is 5.75 Å². The molecule has 0 radical (unpaired) electrons. The van der Waals surface area contributed by atoms with Gasteiger partial charge >= 0.3 is 0 Å². The molecule has 0 bridgehead atoms. The molecule has 0 unspecified atom stereocenters. The van der Waals surface area contributed by atoms with Gasteiger partial charge in [-0.3, -0.25) is 10.1 Å². The summed E-state index contributed by atoms with van der Waals surface area (Å²) in [5.74, 6) is 0.544. The fourth-order valence-corrected chi connectivity index (χ4v) is 3.20. The van der Waals surface area contributed by atoms with Crippen LogP contribution in [-0.2, 0) is 4.79 Å². The number of carbonyl (C=O) groups excluding carboxylic acids is 1. The van der Waals surface area contributed by atoms with Crippen LogP contribution in [0.4, 0.5) is 5.69 Å². The molecule has 0 aliphatic heterocycles. The number of hydrogen-bond donors (Lipinski definition) is 2. The first-order valence-corrected chi connectivity index (χ1v) is 9.46. The average Bonchev–Trinajstić information content (AvgIpc) is 2.72. The van der Waals surface area contributed by atoms with Crippen molar-refractivity contribution in [2.45, 2.75) is 19.0 Å². The molecule has 0 fully saturated rings. The number of anilines is 1. The summed E-state index contributed by atoms with van der Waals surface area (Å²) < 4.78 is 5.24. The van der Waals surface area contributed by atoms with Crippen LogP contribution >= 0.6 is 11.6 Å². The zero-order chi connectivity index (χ0) is 19.9. The van der Waals surface area contributed by atoms with E-state index >= 15 is 0 Å². The Morgan fingerprint density at radius 2 is 1.64 bits per heavy atom. The topological polar surface area (TPSA) is 50.4 Å². The molecule has 3 aromatic rings. The van der Waals surface area contributed by atoms with E-state index in [0.717, 1.165) is 11.1 Å². The van der Waals surface area contributed by atoms with E-state index in [-0.39, 0.29) is 11.9 Å². The minimum Gasteiger partial charge on any atom is -0.497 e. The quantitative estimate of drug-likeness (QED) is 0.565. The van der Waals surface area contributed by atoms with Crippen LogP contribution in [0.1, 0.15) is 30.1 Å². The minimum atomic E-state index is -0.526. The van der Waals surface area contributed by atoms with Gasteiger partial charge in [0.1, 0.15) is 11.8 Å². The van der Waals surface area contributed by atoms with Gasteiger partial charge in [0.2, 0.25) is 5.91 Å². The molecule has 4 nitrogen and oxygen atoms in total. The molecule has 0 spiro atoms. The van der Waals surface area contributed by atoms with E-state index in [9.17, 15) is 4.79 Å². The number of ether oxygens (including phenoxy) is 1. The number of hydrogen-bond acceptors (Lipinski definition) is 3. The van der Waals surface area contributed by atoms with Crippen molar-refractivity contribution in [2.24, 2.45) is 0 Å². The van der Waals surface area contributed by atoms with E-state index in [1.54, 1.807) is 13.2 Å². The molecule has 5 heteroatoms. The molecule has 0 aliphatic carbocycles. The van der Waals surface area contributed by atoms with Crippen molar-refractivity contribution in [1.29, 1.82) is 0 Å². The maximum atomic E-state index is 13.1. The highest BCUT2D eigenvalue weighted by atomic mass is 35.5. The lowest BCUT2D eigenvalue weighted by atomic mass is 10.0. The first-order valence-electron chi connectivity index (χ1n) is 9.08. The van der Waals surface area contributed by atoms with E-state index in [1.807, 2.05) is 79.7 Å². The SMILES string of the molecule is COc1cccc(NC(=O)[C@H](N[C@H](C)c2cccc(Cl)c2)c2ccccc2)c1. The Balaban J connectivity index is 1.83. The van der Waals surface area contributed by atoms with Crippen molar-refractivity contribution in [1.82, 2.24) is 5.32 Å². The molecule has 0 heterocycles. The third-order valence-electron chi connectivity index (χ3n) is 4.50. The summed E-state index contributed by atoms with van der Waals surface area (Å²) in [4.78, 5) is 13.1. The number of nitrogens with one attached hydrogen (secondary N) is 2. The number of carbonyl (C=O) groups is 1. The summed E-state index contributed by atoms with van der Waals surface area (Å²) in [5, 5.41) is 7.07. The smallest absolute Gasteiger partial charge is 0.246 e. The van der Waals surface area contributed by atoms with Gasteiger partial charge in [-0.05, 0) is 42.3 Å². The monoisotopic (exact) mass is 394 g/mol. The molecule has 2 N–H and O–H groups in total. The van der Waals surface area contributed by atoms with Crippen LogP contribution in [0, 0.1) is 0 Å². The number of amides is 1. The lowest BCUT2D eigenvalue weighted by Gasteiger charge is -2.24. The second-order valence-electron chi connectivity index (χ2n) is 6.51. The lowest BCUT2D eigenvalue weighted by Crippen LogP contribution is -2.34. The van der Waals surface area contributed by atoms with Gasteiger partial charge in [-0.1, -0.05) is 60.1 Å². The maximum Gasteiger partial charge on any atom is 0.246 e. The molecule has 2 atom stereocenters. The molecule has 0 saturated carbocycles. The Morgan fingerprint density at radius 1 is 0.929 bits per heavy atom. The van der Waals surface area contributed by atoms with E-state index in [2.05, 4.69) is 10.6 Å². The molecule has 0 aliphatic rings. The van der Waals surface area contributed by atoms with Crippen molar-refractivity contribution < 1.29 is 9.53 Å². The van der Waals surface area contributed by atoms with Crippen molar-refractivity contribution in [3.05, 3.63) is 95.0 Å². The van der Waals surface area contributed by atoms with Crippen LogP contribution in [0.15, 0.2) is 78.9 Å². The van der Waals surface area contributed by atoms with E-state index in [4.69, 9.17) is 16.3 Å². The van der Waals surface area contributed by atoms with Gasteiger partial charge in [0.25, 0.3) is 0 Å². The van der Waals surface area contributed by atoms with Gasteiger partial charge in [0.05, 0.1) is 7.11 Å². The summed E-state index contributed by atoms with van der Waals surface area (Å²) in [5.41, 5.74) is 2.59. The molecule has 1 amide bonds. The van der Waals surface area contributed by atoms with Crippen LogP contribution in [0.25, 0.3) is 0 Å². The van der Waals surface area contributed by atoms with Gasteiger partial charge in [-0.25, -0.2) is 0 Å². The first-order chi connectivity index (χ1) is 13.6. The largest absolute Gasteiger partial charge is 0.497 e. The van der Waals surface area contributed by atoms with Gasteiger partial charge < -0.3 is 10.1 Å². The second kappa shape index (κ2) is 9.40. The predicted molar refractivity (Wildman–Crippen MR) is 114 cm³/mol. The van der Waals surface area contributed by atoms with Crippen molar-refractivity contribution >= 4 is 23.2 Å². The summed E-state index contributed by atoms with van der Waals surface area (Å²) in [6.07, 6.45) is 0. The van der Waals surface area contributed by atoms with Crippen LogP contribution in [-0.4, -0.2) is 13.0 Å². The molecule has 3 rings (SSSR count). The van der Waals surface area contributed by atoms with Crippen LogP contribution in [0.3, 0.4) is 0 Å². The fraction of sp³-hybridized carbons (Fsp3) is 0.174. The van der Waals surface area contributed by atoms with Crippen LogP contribution in [0.5, 0.6) is 5.75 Å². The molecule has 144 valence electrons. The molecule has 0 aromatic heterocycles. The van der Waals surface area contributed by atoms with Gasteiger partial charge in [-0.15, -0.1) is 0 Å². The zero-order valence-corrected chi connectivity index (χ0v) is 16.6. The maximum absolute atomic E-state index is 13.1. The van der Waals surface area contributed by atoms with Crippen molar-refractivity contribution in [2.75, 3.05) is 12.4 Å². The second-order valence-corrected chi connectivity index (χ2v) is 6.94. The van der Waals surface area contributed by atoms with E-state index in [0.29, 0.717) is 16.5 Å². The third-order valence-corrected chi connectivity index (χ3v) is 4.73. The first kappa shape index (κ1) is 19.9. The van der Waals surface area contributed by atoms with Gasteiger partial charge in [-0.2, -0.15) is 0 Å². The summed E-state index contributed by atoms with van der Waals surface area (Å²) >= 11 is 6.12. The standard InChI is InChI=1S/C23H23ClN2O2/c1-16(18-10-6-11-19(24)14-18)25-22(17-8-4-3-5-9-17)23(27)26-20-12-7-13-21(15-20)28-2/h3-16,22,25H,1-2H3,(H,26,27)/t16-,22-/m1/s1. The lowest BCUT2D eigenvalue weighted by molar-refractivity contribution is -0.118. The summed E-state index contributed by atoms with van der Waals surface area (Å²) in [6, 6.07) is 24.0. The zero-order valence-electron chi connectivity index (χ0n) is 15.9. The van der Waals surface area contributed by atoms with E-state index in [1.165, 1.54) is 0 Å². The normalized spacial score (nSPS) is 12.8. The molecular weight excluding hydrogens is 372 g/mol. The highest BCUT2D eigenvalue weighted by Crippen LogP contribution is 2.24. The Hall–Kier alpha value is -2.82. The van der Waals surface area contributed by atoms with Crippen molar-refractivity contribution in [3.63, 3.8) is 0 Å². The molecular formula is C23H23ClN2O2. The number of methoxy groups -OCH3 is 1. The van der Waals surface area contributed by atoms with Gasteiger partial charge in [0.15, 0.2) is 0 Å². The Bertz CT molecular complexity index is 931. The summed E-state index contributed by atoms with van der Waals surface area (Å²) in [6.45, 7) is 2.01. The third kappa shape index (κ3) is 5.12. The Kier molecular flexibility index (Phi) is 6.69. The minimum absolute atomic E-state index is 0.0695. The Morgan fingerprint density at radius 3 is 2.36 bits per heavy atom. The average molecular weight is 395 g/mol. The Labute approximate surface area is 170 Å². The highest BCUT2D eigenvalue weighted by molar-refractivity contribution is 6.30. The van der Waals surface area contributed by atoms with Gasteiger partial charge in [0, 0.05) is 22.8 Å². The number of halogens is 1. The molecule has 0 saturated heterocycles. The summed E-state index contributed by atoms with van der Waals surface area (Å²) in [7, 11) is 1.60.